The van der Waals surface area contributed by atoms with Gasteiger partial charge in [-0.3, -0.25) is 0 Å². The fraction of sp³-hybridized carbons (Fsp3) is 0.357. The summed E-state index contributed by atoms with van der Waals surface area (Å²) >= 11 is 3.63. The predicted octanol–water partition coefficient (Wildman–Crippen LogP) is 4.87. The van der Waals surface area contributed by atoms with Crippen LogP contribution in [0.2, 0.25) is 0 Å². The summed E-state index contributed by atoms with van der Waals surface area (Å²) in [4.78, 5) is 5.97. The molecular formula is C14H17NS2. The van der Waals surface area contributed by atoms with E-state index in [0.717, 1.165) is 5.75 Å². The Kier molecular flexibility index (Phi) is 4.24. The Balaban J connectivity index is 1.97. The Labute approximate surface area is 111 Å². The molecule has 0 atom stereocenters. The van der Waals surface area contributed by atoms with Crippen LogP contribution < -0.4 is 0 Å². The number of aryl methyl sites for hydroxylation is 1. The van der Waals surface area contributed by atoms with Crippen LogP contribution in [-0.4, -0.2) is 4.98 Å². The van der Waals surface area contributed by atoms with Crippen molar-refractivity contribution < 1.29 is 0 Å². The maximum atomic E-state index is 4.64. The first kappa shape index (κ1) is 12.7. The molecule has 0 radical (unpaired) electrons. The van der Waals surface area contributed by atoms with Crippen molar-refractivity contribution >= 4 is 23.1 Å². The van der Waals surface area contributed by atoms with Crippen LogP contribution >= 0.6 is 23.1 Å². The highest BCUT2D eigenvalue weighted by molar-refractivity contribution is 7.98. The van der Waals surface area contributed by atoms with Gasteiger partial charge in [0.1, 0.15) is 5.01 Å². The normalized spacial score (nSPS) is 11.1. The highest BCUT2D eigenvalue weighted by Gasteiger charge is 2.05. The fourth-order valence-corrected chi connectivity index (χ4v) is 3.49. The van der Waals surface area contributed by atoms with E-state index in [-0.39, 0.29) is 0 Å². The maximum absolute atomic E-state index is 4.64. The lowest BCUT2D eigenvalue weighted by Crippen LogP contribution is -1.87. The number of aromatic nitrogens is 1. The molecule has 0 aliphatic heterocycles. The van der Waals surface area contributed by atoms with Crippen molar-refractivity contribution in [1.29, 1.82) is 0 Å². The standard InChI is InChI=1S/C14H17NS2/c1-10(2)13-8-17-14(15-13)9-16-12-6-4-5-11(3)7-12/h4-8,10H,9H2,1-3H3. The van der Waals surface area contributed by atoms with E-state index in [2.05, 4.69) is 55.4 Å². The third kappa shape index (κ3) is 3.58. The summed E-state index contributed by atoms with van der Waals surface area (Å²) in [6.07, 6.45) is 0. The molecule has 1 nitrogen and oxygen atoms in total. The minimum absolute atomic E-state index is 0.531. The maximum Gasteiger partial charge on any atom is 0.103 e. The Morgan fingerprint density at radius 3 is 2.82 bits per heavy atom. The highest BCUT2D eigenvalue weighted by Crippen LogP contribution is 2.26. The van der Waals surface area contributed by atoms with E-state index in [1.165, 1.54) is 21.2 Å². The van der Waals surface area contributed by atoms with Gasteiger partial charge in [-0.2, -0.15) is 0 Å². The van der Waals surface area contributed by atoms with Crippen LogP contribution in [0.15, 0.2) is 34.5 Å². The summed E-state index contributed by atoms with van der Waals surface area (Å²) in [6.45, 7) is 6.50. The zero-order valence-corrected chi connectivity index (χ0v) is 12.1. The van der Waals surface area contributed by atoms with E-state index in [1.54, 1.807) is 11.3 Å². The molecule has 1 aromatic carbocycles. The Hall–Kier alpha value is -0.800. The van der Waals surface area contributed by atoms with E-state index in [4.69, 9.17) is 0 Å². The Morgan fingerprint density at radius 2 is 2.18 bits per heavy atom. The number of hydrogen-bond acceptors (Lipinski definition) is 3. The van der Waals surface area contributed by atoms with Crippen LogP contribution in [0.4, 0.5) is 0 Å². The molecule has 0 N–H and O–H groups in total. The van der Waals surface area contributed by atoms with Gasteiger partial charge in [-0.15, -0.1) is 23.1 Å². The van der Waals surface area contributed by atoms with Crippen LogP contribution in [0, 0.1) is 6.92 Å². The van der Waals surface area contributed by atoms with E-state index >= 15 is 0 Å². The number of nitrogens with zero attached hydrogens (tertiary/aromatic N) is 1. The molecule has 3 heteroatoms. The van der Waals surface area contributed by atoms with Crippen molar-refractivity contribution in [1.82, 2.24) is 4.98 Å². The van der Waals surface area contributed by atoms with Crippen LogP contribution in [0.25, 0.3) is 0 Å². The molecule has 0 saturated heterocycles. The lowest BCUT2D eigenvalue weighted by molar-refractivity contribution is 0.828. The topological polar surface area (TPSA) is 12.9 Å². The first-order chi connectivity index (χ1) is 8.15. The summed E-state index contributed by atoms with van der Waals surface area (Å²) in [5.41, 5.74) is 2.53. The summed E-state index contributed by atoms with van der Waals surface area (Å²) in [5, 5.41) is 3.40. The van der Waals surface area contributed by atoms with Gasteiger partial charge in [0, 0.05) is 10.3 Å². The van der Waals surface area contributed by atoms with Gasteiger partial charge in [-0.05, 0) is 25.0 Å². The molecule has 1 aromatic heterocycles. The van der Waals surface area contributed by atoms with E-state index in [0.29, 0.717) is 5.92 Å². The van der Waals surface area contributed by atoms with Crippen molar-refractivity contribution in [2.75, 3.05) is 0 Å². The largest absolute Gasteiger partial charge is 0.245 e. The fourth-order valence-electron chi connectivity index (χ4n) is 1.51. The van der Waals surface area contributed by atoms with Gasteiger partial charge in [0.2, 0.25) is 0 Å². The summed E-state index contributed by atoms with van der Waals surface area (Å²) < 4.78 is 0. The van der Waals surface area contributed by atoms with Crippen molar-refractivity contribution in [3.05, 3.63) is 45.9 Å². The second-order valence-electron chi connectivity index (χ2n) is 4.43. The zero-order valence-electron chi connectivity index (χ0n) is 10.4. The molecule has 0 amide bonds. The number of hydrogen-bond donors (Lipinski definition) is 0. The molecular weight excluding hydrogens is 246 g/mol. The molecule has 1 heterocycles. The van der Waals surface area contributed by atoms with Crippen LogP contribution in [0.3, 0.4) is 0 Å². The van der Waals surface area contributed by atoms with E-state index < -0.39 is 0 Å². The quantitative estimate of drug-likeness (QED) is 0.730. The third-order valence-electron chi connectivity index (χ3n) is 2.51. The molecule has 2 aromatic rings. The van der Waals surface area contributed by atoms with Gasteiger partial charge in [0.15, 0.2) is 0 Å². The van der Waals surface area contributed by atoms with Gasteiger partial charge in [0.05, 0.1) is 11.4 Å². The third-order valence-corrected chi connectivity index (χ3v) is 4.57. The second-order valence-corrected chi connectivity index (χ2v) is 6.42. The van der Waals surface area contributed by atoms with E-state index in [1.807, 2.05) is 11.8 Å². The second kappa shape index (κ2) is 5.69. The molecule has 17 heavy (non-hydrogen) atoms. The first-order valence-electron chi connectivity index (χ1n) is 5.79. The van der Waals surface area contributed by atoms with Crippen molar-refractivity contribution in [3.63, 3.8) is 0 Å². The summed E-state index contributed by atoms with van der Waals surface area (Å²) in [5.74, 6) is 1.50. The molecule has 0 spiro atoms. The molecule has 0 bridgehead atoms. The van der Waals surface area contributed by atoms with Crippen LogP contribution in [0.5, 0.6) is 0 Å². The Morgan fingerprint density at radius 1 is 1.35 bits per heavy atom. The Bertz CT molecular complexity index is 488. The summed E-state index contributed by atoms with van der Waals surface area (Å²) in [7, 11) is 0. The molecule has 0 unspecified atom stereocenters. The smallest absolute Gasteiger partial charge is 0.103 e. The average Bonchev–Trinajstić information content (AvgIpc) is 2.75. The monoisotopic (exact) mass is 263 g/mol. The van der Waals surface area contributed by atoms with Crippen LogP contribution in [-0.2, 0) is 5.75 Å². The minimum atomic E-state index is 0.531. The summed E-state index contributed by atoms with van der Waals surface area (Å²) in [6, 6.07) is 8.62. The lowest BCUT2D eigenvalue weighted by Gasteiger charge is -2.00. The molecule has 2 rings (SSSR count). The highest BCUT2D eigenvalue weighted by atomic mass is 32.2. The van der Waals surface area contributed by atoms with Gasteiger partial charge < -0.3 is 0 Å². The lowest BCUT2D eigenvalue weighted by atomic mass is 10.2. The van der Waals surface area contributed by atoms with Gasteiger partial charge in [-0.25, -0.2) is 4.98 Å². The molecule has 90 valence electrons. The van der Waals surface area contributed by atoms with Crippen molar-refractivity contribution in [3.8, 4) is 0 Å². The average molecular weight is 263 g/mol. The SMILES string of the molecule is Cc1cccc(SCc2nc(C(C)C)cs2)c1. The van der Waals surface area contributed by atoms with Crippen LogP contribution in [0.1, 0.15) is 36.0 Å². The first-order valence-corrected chi connectivity index (χ1v) is 7.65. The number of rotatable bonds is 4. The van der Waals surface area contributed by atoms with Crippen molar-refractivity contribution in [2.45, 2.75) is 37.3 Å². The predicted molar refractivity (Wildman–Crippen MR) is 76.9 cm³/mol. The number of benzene rings is 1. The molecule has 0 aliphatic carbocycles. The molecule has 0 fully saturated rings. The van der Waals surface area contributed by atoms with Gasteiger partial charge in [-0.1, -0.05) is 31.5 Å². The number of thiazole rings is 1. The van der Waals surface area contributed by atoms with Gasteiger partial charge >= 0.3 is 0 Å². The molecule has 0 aliphatic rings. The zero-order chi connectivity index (χ0) is 12.3. The van der Waals surface area contributed by atoms with E-state index in [9.17, 15) is 0 Å². The van der Waals surface area contributed by atoms with Crippen molar-refractivity contribution in [2.24, 2.45) is 0 Å². The minimum Gasteiger partial charge on any atom is -0.245 e. The van der Waals surface area contributed by atoms with Gasteiger partial charge in [0.25, 0.3) is 0 Å². The molecule has 0 saturated carbocycles. The number of thioether (sulfide) groups is 1.